The van der Waals surface area contributed by atoms with Crippen molar-refractivity contribution >= 4 is 0 Å². The van der Waals surface area contributed by atoms with Crippen molar-refractivity contribution in [3.63, 3.8) is 0 Å². The highest BCUT2D eigenvalue weighted by Gasteiger charge is 2.37. The van der Waals surface area contributed by atoms with E-state index in [0.717, 1.165) is 13.1 Å². The lowest BCUT2D eigenvalue weighted by atomic mass is 10.1. The van der Waals surface area contributed by atoms with Gasteiger partial charge in [0.1, 0.15) is 0 Å². The number of hydrogen-bond acceptors (Lipinski definition) is 1. The highest BCUT2D eigenvalue weighted by atomic mass is 19.4. The van der Waals surface area contributed by atoms with E-state index in [4.69, 9.17) is 0 Å². The minimum absolute atomic E-state index is 0.435. The maximum Gasteiger partial charge on any atom is 0.418 e. The summed E-state index contributed by atoms with van der Waals surface area (Å²) in [6.07, 6.45) is -7.00. The van der Waals surface area contributed by atoms with Crippen molar-refractivity contribution < 1.29 is 22.0 Å². The van der Waals surface area contributed by atoms with Crippen LogP contribution in [-0.2, 0) is 6.18 Å². The van der Waals surface area contributed by atoms with Gasteiger partial charge in [-0.25, -0.2) is 8.78 Å². The maximum absolute atomic E-state index is 12.3. The van der Waals surface area contributed by atoms with Gasteiger partial charge < -0.3 is 0 Å². The van der Waals surface area contributed by atoms with Gasteiger partial charge >= 0.3 is 6.18 Å². The van der Waals surface area contributed by atoms with Gasteiger partial charge in [0.15, 0.2) is 0 Å². The summed E-state index contributed by atoms with van der Waals surface area (Å²) in [4.78, 5) is 3.34. The molecule has 6 heteroatoms. The molecule has 14 heavy (non-hydrogen) atoms. The molecule has 0 fully saturated rings. The van der Waals surface area contributed by atoms with E-state index in [1.165, 1.54) is 0 Å². The molecule has 0 spiro atoms. The first-order valence-electron chi connectivity index (χ1n) is 3.65. The number of aromatic nitrogens is 1. The van der Waals surface area contributed by atoms with Crippen LogP contribution in [0.15, 0.2) is 12.3 Å². The van der Waals surface area contributed by atoms with Gasteiger partial charge in [-0.2, -0.15) is 13.2 Å². The second kappa shape index (κ2) is 3.51. The van der Waals surface area contributed by atoms with Crippen LogP contribution in [0.2, 0.25) is 0 Å². The zero-order valence-electron chi connectivity index (χ0n) is 7.07. The average Bonchev–Trinajstić information content (AvgIpc) is 2.01. The molecular formula is C8H6F5N. The topological polar surface area (TPSA) is 12.9 Å². The molecule has 1 nitrogen and oxygen atoms in total. The number of pyridine rings is 1. The standard InChI is InChI=1S/C8H6F5N/c1-4-6(8(11,12)13)5(7(9)10)2-3-14-4/h2-3,7H,1H3. The Labute approximate surface area is 76.6 Å². The fourth-order valence-electron chi connectivity index (χ4n) is 1.14. The van der Waals surface area contributed by atoms with Crippen LogP contribution in [0, 0.1) is 6.92 Å². The normalized spacial score (nSPS) is 12.2. The smallest absolute Gasteiger partial charge is 0.261 e. The molecule has 0 aliphatic heterocycles. The van der Waals surface area contributed by atoms with E-state index < -0.39 is 29.4 Å². The van der Waals surface area contributed by atoms with E-state index in [2.05, 4.69) is 4.98 Å². The Kier molecular flexibility index (Phi) is 2.73. The van der Waals surface area contributed by atoms with E-state index in [1.54, 1.807) is 0 Å². The summed E-state index contributed by atoms with van der Waals surface area (Å²) in [5.41, 5.74) is -2.80. The molecule has 1 heterocycles. The van der Waals surface area contributed by atoms with E-state index in [1.807, 2.05) is 0 Å². The van der Waals surface area contributed by atoms with Gasteiger partial charge in [0.25, 0.3) is 6.43 Å². The molecule has 1 aromatic rings. The Morgan fingerprint density at radius 1 is 1.29 bits per heavy atom. The van der Waals surface area contributed by atoms with Gasteiger partial charge in [-0.15, -0.1) is 0 Å². The molecule has 0 unspecified atom stereocenters. The van der Waals surface area contributed by atoms with Gasteiger partial charge in [-0.05, 0) is 13.0 Å². The van der Waals surface area contributed by atoms with Crippen LogP contribution in [0.4, 0.5) is 22.0 Å². The molecule has 0 N–H and O–H groups in total. The summed E-state index contributed by atoms with van der Waals surface area (Å²) < 4.78 is 61.3. The van der Waals surface area contributed by atoms with Crippen LogP contribution in [-0.4, -0.2) is 4.98 Å². The minimum atomic E-state index is -4.79. The number of rotatable bonds is 1. The molecule has 1 aromatic heterocycles. The fraction of sp³-hybridized carbons (Fsp3) is 0.375. The van der Waals surface area contributed by atoms with Crippen molar-refractivity contribution in [2.24, 2.45) is 0 Å². The molecule has 0 aromatic carbocycles. The predicted octanol–water partition coefficient (Wildman–Crippen LogP) is 3.35. The molecule has 78 valence electrons. The molecule has 1 rings (SSSR count). The van der Waals surface area contributed by atoms with Gasteiger partial charge in [-0.1, -0.05) is 0 Å². The van der Waals surface area contributed by atoms with E-state index in [0.29, 0.717) is 6.07 Å². The van der Waals surface area contributed by atoms with Crippen molar-refractivity contribution in [3.05, 3.63) is 29.1 Å². The second-order valence-corrected chi connectivity index (χ2v) is 2.66. The van der Waals surface area contributed by atoms with Crippen molar-refractivity contribution in [1.29, 1.82) is 0 Å². The van der Waals surface area contributed by atoms with Crippen molar-refractivity contribution in [2.75, 3.05) is 0 Å². The molecule has 0 saturated heterocycles. The molecule has 0 bridgehead atoms. The Morgan fingerprint density at radius 3 is 2.21 bits per heavy atom. The summed E-state index contributed by atoms with van der Waals surface area (Å²) in [5.74, 6) is 0. The van der Waals surface area contributed by atoms with Gasteiger partial charge in [0.05, 0.1) is 5.56 Å². The fourth-order valence-corrected chi connectivity index (χ4v) is 1.14. The molecule has 0 atom stereocenters. The largest absolute Gasteiger partial charge is 0.418 e. The number of alkyl halides is 5. The molecule has 0 aliphatic rings. The number of aryl methyl sites for hydroxylation is 1. The molecular weight excluding hydrogens is 205 g/mol. The lowest BCUT2D eigenvalue weighted by Gasteiger charge is -2.13. The van der Waals surface area contributed by atoms with Crippen LogP contribution in [0.1, 0.15) is 23.2 Å². The predicted molar refractivity (Wildman–Crippen MR) is 38.9 cm³/mol. The SMILES string of the molecule is Cc1nccc(C(F)F)c1C(F)(F)F. The van der Waals surface area contributed by atoms with Crippen molar-refractivity contribution in [1.82, 2.24) is 4.98 Å². The van der Waals surface area contributed by atoms with Crippen LogP contribution < -0.4 is 0 Å². The van der Waals surface area contributed by atoms with Crippen molar-refractivity contribution in [3.8, 4) is 0 Å². The third-order valence-corrected chi connectivity index (χ3v) is 1.69. The zero-order chi connectivity index (χ0) is 10.9. The Balaban J connectivity index is 3.38. The lowest BCUT2D eigenvalue weighted by Crippen LogP contribution is -2.12. The van der Waals surface area contributed by atoms with Gasteiger partial charge in [0, 0.05) is 17.5 Å². The summed E-state index contributed by atoms with van der Waals surface area (Å²) in [7, 11) is 0. The summed E-state index contributed by atoms with van der Waals surface area (Å²) in [6.45, 7) is 1.05. The molecule has 0 radical (unpaired) electrons. The molecule has 0 amide bonds. The quantitative estimate of drug-likeness (QED) is 0.649. The van der Waals surface area contributed by atoms with Gasteiger partial charge in [-0.3, -0.25) is 4.98 Å². The zero-order valence-corrected chi connectivity index (χ0v) is 7.07. The van der Waals surface area contributed by atoms with Gasteiger partial charge in [0.2, 0.25) is 0 Å². The Morgan fingerprint density at radius 2 is 1.86 bits per heavy atom. The van der Waals surface area contributed by atoms with E-state index >= 15 is 0 Å². The summed E-state index contributed by atoms with van der Waals surface area (Å²) >= 11 is 0. The summed E-state index contributed by atoms with van der Waals surface area (Å²) in [6, 6.07) is 0.681. The van der Waals surface area contributed by atoms with E-state index in [9.17, 15) is 22.0 Å². The first-order chi connectivity index (χ1) is 6.34. The first kappa shape index (κ1) is 10.9. The average molecular weight is 211 g/mol. The minimum Gasteiger partial charge on any atom is -0.261 e. The molecule has 0 saturated carbocycles. The summed E-state index contributed by atoms with van der Waals surface area (Å²) in [5, 5.41) is 0. The second-order valence-electron chi connectivity index (χ2n) is 2.66. The third-order valence-electron chi connectivity index (χ3n) is 1.69. The highest BCUT2D eigenvalue weighted by Crippen LogP contribution is 2.37. The van der Waals surface area contributed by atoms with Crippen LogP contribution in [0.5, 0.6) is 0 Å². The number of hydrogen-bond donors (Lipinski definition) is 0. The van der Waals surface area contributed by atoms with Crippen LogP contribution in [0.3, 0.4) is 0 Å². The monoisotopic (exact) mass is 211 g/mol. The highest BCUT2D eigenvalue weighted by molar-refractivity contribution is 5.32. The Hall–Kier alpha value is -1.20. The van der Waals surface area contributed by atoms with E-state index in [-0.39, 0.29) is 0 Å². The lowest BCUT2D eigenvalue weighted by molar-refractivity contribution is -0.140. The van der Waals surface area contributed by atoms with Crippen molar-refractivity contribution in [2.45, 2.75) is 19.5 Å². The third kappa shape index (κ3) is 2.00. The maximum atomic E-state index is 12.3. The van der Waals surface area contributed by atoms with Crippen LogP contribution in [0.25, 0.3) is 0 Å². The first-order valence-corrected chi connectivity index (χ1v) is 3.65. The number of halogens is 5. The number of nitrogens with zero attached hydrogens (tertiary/aromatic N) is 1. The Bertz CT molecular complexity index is 331. The molecule has 0 aliphatic carbocycles. The van der Waals surface area contributed by atoms with Crippen LogP contribution >= 0.6 is 0 Å².